The van der Waals surface area contributed by atoms with Crippen LogP contribution in [-0.4, -0.2) is 9.78 Å². The van der Waals surface area contributed by atoms with Crippen LogP contribution in [0, 0.1) is 17.8 Å². The quantitative estimate of drug-likeness (QED) is 0.905. The van der Waals surface area contributed by atoms with Gasteiger partial charge in [0, 0.05) is 18.8 Å². The van der Waals surface area contributed by atoms with Crippen LogP contribution in [0.25, 0.3) is 0 Å². The SMILES string of the molecule is CCn1nccc1C(N)C1CCC2CCCCC2C1. The minimum Gasteiger partial charge on any atom is -0.322 e. The van der Waals surface area contributed by atoms with E-state index in [9.17, 15) is 0 Å². The molecule has 3 nitrogen and oxygen atoms in total. The molecule has 1 aromatic heterocycles. The lowest BCUT2D eigenvalue weighted by Gasteiger charge is -2.41. The minimum atomic E-state index is 0.185. The highest BCUT2D eigenvalue weighted by atomic mass is 15.3. The zero-order chi connectivity index (χ0) is 13.2. The molecule has 2 fully saturated rings. The number of nitrogens with two attached hydrogens (primary N) is 1. The molecular formula is C16H27N3. The summed E-state index contributed by atoms with van der Waals surface area (Å²) in [6.07, 6.45) is 11.8. The second kappa shape index (κ2) is 5.66. The van der Waals surface area contributed by atoms with Crippen LogP contribution in [0.5, 0.6) is 0 Å². The van der Waals surface area contributed by atoms with Gasteiger partial charge < -0.3 is 5.73 Å². The summed E-state index contributed by atoms with van der Waals surface area (Å²) in [5, 5.41) is 4.37. The molecule has 0 spiro atoms. The van der Waals surface area contributed by atoms with Crippen LogP contribution in [-0.2, 0) is 6.54 Å². The van der Waals surface area contributed by atoms with Crippen LogP contribution < -0.4 is 5.73 Å². The molecule has 2 aliphatic carbocycles. The highest BCUT2D eigenvalue weighted by Gasteiger charge is 2.35. The van der Waals surface area contributed by atoms with Crippen LogP contribution in [0.15, 0.2) is 12.3 Å². The molecule has 3 heteroatoms. The van der Waals surface area contributed by atoms with Crippen molar-refractivity contribution in [3.05, 3.63) is 18.0 Å². The lowest BCUT2D eigenvalue weighted by atomic mass is 9.66. The number of aryl methyl sites for hydroxylation is 1. The number of fused-ring (bicyclic) bond motifs is 1. The zero-order valence-corrected chi connectivity index (χ0v) is 12.1. The second-order valence-corrected chi connectivity index (χ2v) is 6.48. The Morgan fingerprint density at radius 2 is 2.05 bits per heavy atom. The maximum atomic E-state index is 6.55. The third-order valence-corrected chi connectivity index (χ3v) is 5.48. The molecular weight excluding hydrogens is 234 g/mol. The summed E-state index contributed by atoms with van der Waals surface area (Å²) in [7, 11) is 0. The van der Waals surface area contributed by atoms with E-state index >= 15 is 0 Å². The molecule has 2 aliphatic rings. The van der Waals surface area contributed by atoms with E-state index in [0.29, 0.717) is 5.92 Å². The first-order valence-electron chi connectivity index (χ1n) is 8.07. The number of nitrogens with zero attached hydrogens (tertiary/aromatic N) is 2. The Labute approximate surface area is 116 Å². The van der Waals surface area contributed by atoms with Crippen molar-refractivity contribution in [2.75, 3.05) is 0 Å². The summed E-state index contributed by atoms with van der Waals surface area (Å²) in [5.41, 5.74) is 7.79. The molecule has 0 radical (unpaired) electrons. The fourth-order valence-corrected chi connectivity index (χ4v) is 4.37. The lowest BCUT2D eigenvalue weighted by molar-refractivity contribution is 0.115. The van der Waals surface area contributed by atoms with Crippen LogP contribution in [0.1, 0.15) is 63.6 Å². The van der Waals surface area contributed by atoms with Gasteiger partial charge in [-0.15, -0.1) is 0 Å². The summed E-state index contributed by atoms with van der Waals surface area (Å²) in [6.45, 7) is 3.07. The van der Waals surface area contributed by atoms with Crippen molar-refractivity contribution in [2.24, 2.45) is 23.5 Å². The van der Waals surface area contributed by atoms with E-state index in [1.165, 1.54) is 50.6 Å². The van der Waals surface area contributed by atoms with Crippen molar-refractivity contribution in [3.63, 3.8) is 0 Å². The molecule has 19 heavy (non-hydrogen) atoms. The standard InChI is InChI=1S/C16H27N3/c1-2-19-15(9-10-18-19)16(17)14-8-7-12-5-3-4-6-13(12)11-14/h9-10,12-14,16H,2-8,11,17H2,1H3. The minimum absolute atomic E-state index is 0.185. The van der Waals surface area contributed by atoms with Gasteiger partial charge in [-0.2, -0.15) is 5.10 Å². The van der Waals surface area contributed by atoms with Crippen LogP contribution in [0.3, 0.4) is 0 Å². The highest BCUT2D eigenvalue weighted by Crippen LogP contribution is 2.45. The van der Waals surface area contributed by atoms with Gasteiger partial charge in [0.15, 0.2) is 0 Å². The Balaban J connectivity index is 1.69. The van der Waals surface area contributed by atoms with Gasteiger partial charge in [-0.05, 0) is 50.0 Å². The monoisotopic (exact) mass is 261 g/mol. The van der Waals surface area contributed by atoms with E-state index < -0.39 is 0 Å². The van der Waals surface area contributed by atoms with Crippen molar-refractivity contribution in [2.45, 2.75) is 64.5 Å². The summed E-state index contributed by atoms with van der Waals surface area (Å²) >= 11 is 0. The number of aromatic nitrogens is 2. The summed E-state index contributed by atoms with van der Waals surface area (Å²) < 4.78 is 2.07. The second-order valence-electron chi connectivity index (χ2n) is 6.48. The lowest BCUT2D eigenvalue weighted by Crippen LogP contribution is -2.34. The Morgan fingerprint density at radius 1 is 1.26 bits per heavy atom. The molecule has 0 bridgehead atoms. The number of hydrogen-bond acceptors (Lipinski definition) is 2. The maximum Gasteiger partial charge on any atom is 0.0554 e. The summed E-state index contributed by atoms with van der Waals surface area (Å²) in [4.78, 5) is 0. The van der Waals surface area contributed by atoms with E-state index in [-0.39, 0.29) is 6.04 Å². The normalized spacial score (nSPS) is 32.8. The fraction of sp³-hybridized carbons (Fsp3) is 0.812. The number of rotatable bonds is 3. The predicted octanol–water partition coefficient (Wildman–Crippen LogP) is 3.51. The van der Waals surface area contributed by atoms with E-state index in [1.54, 1.807) is 0 Å². The molecule has 3 rings (SSSR count). The largest absolute Gasteiger partial charge is 0.322 e. The van der Waals surface area contributed by atoms with Crippen LogP contribution in [0.4, 0.5) is 0 Å². The Kier molecular flexibility index (Phi) is 3.92. The predicted molar refractivity (Wildman–Crippen MR) is 77.6 cm³/mol. The van der Waals surface area contributed by atoms with Gasteiger partial charge in [0.05, 0.1) is 5.69 Å². The van der Waals surface area contributed by atoms with E-state index in [2.05, 4.69) is 22.8 Å². The van der Waals surface area contributed by atoms with Crippen LogP contribution in [0.2, 0.25) is 0 Å². The average Bonchev–Trinajstić information content (AvgIpc) is 2.94. The van der Waals surface area contributed by atoms with Gasteiger partial charge in [-0.1, -0.05) is 25.7 Å². The van der Waals surface area contributed by atoms with E-state index in [4.69, 9.17) is 5.73 Å². The molecule has 0 saturated heterocycles. The molecule has 106 valence electrons. The molecule has 2 N–H and O–H groups in total. The van der Waals surface area contributed by atoms with Crippen molar-refractivity contribution >= 4 is 0 Å². The van der Waals surface area contributed by atoms with Crippen molar-refractivity contribution in [1.29, 1.82) is 0 Å². The van der Waals surface area contributed by atoms with Crippen molar-refractivity contribution in [3.8, 4) is 0 Å². The molecule has 0 amide bonds. The maximum absolute atomic E-state index is 6.55. The topological polar surface area (TPSA) is 43.8 Å². The van der Waals surface area contributed by atoms with Gasteiger partial charge in [0.1, 0.15) is 0 Å². The van der Waals surface area contributed by atoms with Gasteiger partial charge >= 0.3 is 0 Å². The molecule has 4 unspecified atom stereocenters. The third-order valence-electron chi connectivity index (χ3n) is 5.48. The molecule has 4 atom stereocenters. The van der Waals surface area contributed by atoms with Gasteiger partial charge in [-0.3, -0.25) is 4.68 Å². The number of hydrogen-bond donors (Lipinski definition) is 1. The van der Waals surface area contributed by atoms with Crippen molar-refractivity contribution in [1.82, 2.24) is 9.78 Å². The third kappa shape index (κ3) is 2.58. The molecule has 1 aromatic rings. The van der Waals surface area contributed by atoms with E-state index in [0.717, 1.165) is 18.4 Å². The van der Waals surface area contributed by atoms with Gasteiger partial charge in [0.25, 0.3) is 0 Å². The zero-order valence-electron chi connectivity index (χ0n) is 12.1. The van der Waals surface area contributed by atoms with E-state index in [1.807, 2.05) is 6.20 Å². The van der Waals surface area contributed by atoms with Crippen molar-refractivity contribution < 1.29 is 0 Å². The average molecular weight is 261 g/mol. The Bertz CT molecular complexity index is 412. The fourth-order valence-electron chi connectivity index (χ4n) is 4.37. The highest BCUT2D eigenvalue weighted by molar-refractivity contribution is 5.08. The molecule has 1 heterocycles. The first-order valence-corrected chi connectivity index (χ1v) is 8.07. The first-order chi connectivity index (χ1) is 9.29. The van der Waals surface area contributed by atoms with Gasteiger partial charge in [-0.25, -0.2) is 0 Å². The first kappa shape index (κ1) is 13.2. The Morgan fingerprint density at radius 3 is 2.84 bits per heavy atom. The summed E-state index contributed by atoms with van der Waals surface area (Å²) in [6, 6.07) is 2.30. The van der Waals surface area contributed by atoms with Crippen LogP contribution >= 0.6 is 0 Å². The van der Waals surface area contributed by atoms with Gasteiger partial charge in [0.2, 0.25) is 0 Å². The molecule has 0 aliphatic heterocycles. The smallest absolute Gasteiger partial charge is 0.0554 e. The Hall–Kier alpha value is -0.830. The molecule has 2 saturated carbocycles. The molecule has 0 aromatic carbocycles. The summed E-state index contributed by atoms with van der Waals surface area (Å²) in [5.74, 6) is 2.63.